The van der Waals surface area contributed by atoms with E-state index in [0.717, 1.165) is 0 Å². The number of rotatable bonds is 5. The maximum Gasteiger partial charge on any atom is 0.267 e. The standard InChI is InChI=1S/C15H14ClN5O2S/c1-9(2)23-13-4-3-10(7-11(13)16)18-15(22)14-12(5-6-24-14)21-8-17-19-20-21/h3-9H,1-2H3,(H,18,22). The Morgan fingerprint density at radius 2 is 2.21 bits per heavy atom. The molecule has 0 unspecified atom stereocenters. The van der Waals surface area contributed by atoms with E-state index < -0.39 is 0 Å². The van der Waals surface area contributed by atoms with E-state index in [0.29, 0.717) is 27.0 Å². The molecule has 0 aliphatic carbocycles. The zero-order valence-corrected chi connectivity index (χ0v) is 14.5. The Morgan fingerprint density at radius 1 is 1.38 bits per heavy atom. The van der Waals surface area contributed by atoms with E-state index in [1.54, 1.807) is 29.6 Å². The highest BCUT2D eigenvalue weighted by Crippen LogP contribution is 2.29. The fourth-order valence-corrected chi connectivity index (χ4v) is 3.04. The normalized spacial score (nSPS) is 10.8. The lowest BCUT2D eigenvalue weighted by Gasteiger charge is -2.12. The van der Waals surface area contributed by atoms with Crippen LogP contribution in [0, 0.1) is 0 Å². The van der Waals surface area contributed by atoms with Gasteiger partial charge in [-0.15, -0.1) is 16.4 Å². The summed E-state index contributed by atoms with van der Waals surface area (Å²) in [6, 6.07) is 6.91. The molecule has 9 heteroatoms. The summed E-state index contributed by atoms with van der Waals surface area (Å²) in [5.74, 6) is 0.319. The molecule has 0 fully saturated rings. The molecular weight excluding hydrogens is 350 g/mol. The number of aromatic nitrogens is 4. The van der Waals surface area contributed by atoms with Gasteiger partial charge in [0.25, 0.3) is 5.91 Å². The molecule has 1 amide bonds. The van der Waals surface area contributed by atoms with Crippen molar-refractivity contribution in [2.75, 3.05) is 5.32 Å². The Hall–Kier alpha value is -2.45. The van der Waals surface area contributed by atoms with E-state index in [-0.39, 0.29) is 12.0 Å². The van der Waals surface area contributed by atoms with Crippen LogP contribution < -0.4 is 10.1 Å². The third kappa shape index (κ3) is 3.55. The monoisotopic (exact) mass is 363 g/mol. The highest BCUT2D eigenvalue weighted by atomic mass is 35.5. The summed E-state index contributed by atoms with van der Waals surface area (Å²) in [7, 11) is 0. The van der Waals surface area contributed by atoms with Crippen molar-refractivity contribution in [1.29, 1.82) is 0 Å². The fourth-order valence-electron chi connectivity index (χ4n) is 2.04. The van der Waals surface area contributed by atoms with Crippen LogP contribution in [0.25, 0.3) is 5.69 Å². The van der Waals surface area contributed by atoms with Gasteiger partial charge in [-0.1, -0.05) is 11.6 Å². The molecule has 1 aromatic carbocycles. The van der Waals surface area contributed by atoms with Crippen molar-refractivity contribution < 1.29 is 9.53 Å². The van der Waals surface area contributed by atoms with Gasteiger partial charge in [0.1, 0.15) is 17.0 Å². The van der Waals surface area contributed by atoms with Crippen LogP contribution >= 0.6 is 22.9 Å². The molecular formula is C15H14ClN5O2S. The Labute approximate surface area is 147 Å². The van der Waals surface area contributed by atoms with E-state index in [1.807, 2.05) is 13.8 Å². The van der Waals surface area contributed by atoms with E-state index in [1.165, 1.54) is 22.3 Å². The van der Waals surface area contributed by atoms with Gasteiger partial charge < -0.3 is 10.1 Å². The minimum Gasteiger partial charge on any atom is -0.489 e. The van der Waals surface area contributed by atoms with Crippen molar-refractivity contribution in [3.63, 3.8) is 0 Å². The quantitative estimate of drug-likeness (QED) is 0.751. The van der Waals surface area contributed by atoms with Gasteiger partial charge in [0.15, 0.2) is 0 Å². The molecule has 0 bridgehead atoms. The first-order chi connectivity index (χ1) is 11.5. The van der Waals surface area contributed by atoms with Crippen molar-refractivity contribution in [2.24, 2.45) is 0 Å². The fraction of sp³-hybridized carbons (Fsp3) is 0.200. The Kier molecular flexibility index (Phi) is 4.77. The molecule has 0 atom stereocenters. The van der Waals surface area contributed by atoms with Crippen LogP contribution in [0.4, 0.5) is 5.69 Å². The van der Waals surface area contributed by atoms with Gasteiger partial charge >= 0.3 is 0 Å². The number of nitrogens with one attached hydrogen (secondary N) is 1. The van der Waals surface area contributed by atoms with Crippen molar-refractivity contribution >= 4 is 34.5 Å². The van der Waals surface area contributed by atoms with Crippen LogP contribution in [0.5, 0.6) is 5.75 Å². The summed E-state index contributed by atoms with van der Waals surface area (Å²) in [6.07, 6.45) is 1.46. The van der Waals surface area contributed by atoms with Crippen LogP contribution in [0.3, 0.4) is 0 Å². The summed E-state index contributed by atoms with van der Waals surface area (Å²) in [6.45, 7) is 3.84. The summed E-state index contributed by atoms with van der Waals surface area (Å²) in [5, 5.41) is 16.0. The zero-order chi connectivity index (χ0) is 17.1. The van der Waals surface area contributed by atoms with Crippen molar-refractivity contribution in [2.45, 2.75) is 20.0 Å². The van der Waals surface area contributed by atoms with Crippen LogP contribution in [0.2, 0.25) is 5.02 Å². The molecule has 0 radical (unpaired) electrons. The first-order valence-electron chi connectivity index (χ1n) is 7.13. The highest BCUT2D eigenvalue weighted by Gasteiger charge is 2.16. The number of hydrogen-bond donors (Lipinski definition) is 1. The number of nitrogens with zero attached hydrogens (tertiary/aromatic N) is 4. The van der Waals surface area contributed by atoms with E-state index >= 15 is 0 Å². The van der Waals surface area contributed by atoms with Crippen molar-refractivity contribution in [3.05, 3.63) is 45.9 Å². The molecule has 0 spiro atoms. The lowest BCUT2D eigenvalue weighted by Crippen LogP contribution is -2.13. The molecule has 24 heavy (non-hydrogen) atoms. The number of carbonyl (C=O) groups is 1. The average Bonchev–Trinajstić information content (AvgIpc) is 3.19. The number of ether oxygens (including phenoxy) is 1. The second kappa shape index (κ2) is 6.98. The zero-order valence-electron chi connectivity index (χ0n) is 12.9. The van der Waals surface area contributed by atoms with E-state index in [2.05, 4.69) is 20.8 Å². The topological polar surface area (TPSA) is 81.9 Å². The van der Waals surface area contributed by atoms with Gasteiger partial charge in [-0.05, 0) is 53.9 Å². The summed E-state index contributed by atoms with van der Waals surface area (Å²) in [4.78, 5) is 13.0. The summed E-state index contributed by atoms with van der Waals surface area (Å²) < 4.78 is 7.02. The first kappa shape index (κ1) is 16.4. The molecule has 0 saturated carbocycles. The largest absolute Gasteiger partial charge is 0.489 e. The van der Waals surface area contributed by atoms with Gasteiger partial charge in [-0.2, -0.15) is 4.68 Å². The number of tetrazole rings is 1. The predicted molar refractivity (Wildman–Crippen MR) is 92.2 cm³/mol. The molecule has 0 aliphatic heterocycles. The average molecular weight is 364 g/mol. The molecule has 2 aromatic heterocycles. The molecule has 0 saturated heterocycles. The van der Waals surface area contributed by atoms with Gasteiger partial charge in [-0.25, -0.2) is 0 Å². The second-order valence-electron chi connectivity index (χ2n) is 5.16. The lowest BCUT2D eigenvalue weighted by atomic mass is 10.2. The maximum atomic E-state index is 12.5. The van der Waals surface area contributed by atoms with Gasteiger partial charge in [-0.3, -0.25) is 4.79 Å². The second-order valence-corrected chi connectivity index (χ2v) is 6.48. The van der Waals surface area contributed by atoms with E-state index in [4.69, 9.17) is 16.3 Å². The van der Waals surface area contributed by atoms with Gasteiger partial charge in [0.05, 0.1) is 16.8 Å². The third-order valence-electron chi connectivity index (χ3n) is 3.00. The van der Waals surface area contributed by atoms with Crippen molar-refractivity contribution in [3.8, 4) is 11.4 Å². The molecule has 0 aliphatic rings. The molecule has 3 aromatic rings. The smallest absolute Gasteiger partial charge is 0.267 e. The number of carbonyl (C=O) groups excluding carboxylic acids is 1. The van der Waals surface area contributed by atoms with Crippen LogP contribution in [0.1, 0.15) is 23.5 Å². The highest BCUT2D eigenvalue weighted by molar-refractivity contribution is 7.12. The SMILES string of the molecule is CC(C)Oc1ccc(NC(=O)c2sccc2-n2cnnn2)cc1Cl. The Balaban J connectivity index is 1.79. The number of halogens is 1. The number of benzene rings is 1. The minimum atomic E-state index is -0.260. The van der Waals surface area contributed by atoms with Crippen LogP contribution in [0.15, 0.2) is 36.0 Å². The molecule has 1 N–H and O–H groups in total. The molecule has 3 rings (SSSR count). The van der Waals surface area contributed by atoms with Crippen molar-refractivity contribution in [1.82, 2.24) is 20.2 Å². The number of amides is 1. The van der Waals surface area contributed by atoms with Gasteiger partial charge in [0, 0.05) is 5.69 Å². The first-order valence-corrected chi connectivity index (χ1v) is 8.39. The van der Waals surface area contributed by atoms with Crippen LogP contribution in [-0.2, 0) is 0 Å². The van der Waals surface area contributed by atoms with E-state index in [9.17, 15) is 4.79 Å². The molecule has 124 valence electrons. The third-order valence-corrected chi connectivity index (χ3v) is 4.20. The Bertz CT molecular complexity index is 847. The maximum absolute atomic E-state index is 12.5. The van der Waals surface area contributed by atoms with Crippen LogP contribution in [-0.4, -0.2) is 32.2 Å². The number of anilines is 1. The number of hydrogen-bond acceptors (Lipinski definition) is 6. The minimum absolute atomic E-state index is 0.0212. The summed E-state index contributed by atoms with van der Waals surface area (Å²) >= 11 is 7.49. The molecule has 7 nitrogen and oxygen atoms in total. The summed E-state index contributed by atoms with van der Waals surface area (Å²) in [5.41, 5.74) is 1.20. The number of thiophene rings is 1. The lowest BCUT2D eigenvalue weighted by molar-refractivity contribution is 0.103. The molecule has 2 heterocycles. The predicted octanol–water partition coefficient (Wildman–Crippen LogP) is 3.42. The van der Waals surface area contributed by atoms with Gasteiger partial charge in [0.2, 0.25) is 0 Å². The Morgan fingerprint density at radius 3 is 2.88 bits per heavy atom.